The van der Waals surface area contributed by atoms with Crippen molar-refractivity contribution in [2.24, 2.45) is 4.99 Å². The number of benzene rings is 1. The average molecular weight is 431 g/mol. The predicted octanol–water partition coefficient (Wildman–Crippen LogP) is 2.72. The van der Waals surface area contributed by atoms with E-state index < -0.39 is 16.0 Å². The first-order chi connectivity index (χ1) is 13.9. The molecule has 0 bridgehead atoms. The van der Waals surface area contributed by atoms with Crippen molar-refractivity contribution in [1.82, 2.24) is 9.97 Å². The summed E-state index contributed by atoms with van der Waals surface area (Å²) in [6, 6.07) is 10.4. The molecule has 1 atom stereocenters. The number of pyridine rings is 1. The zero-order chi connectivity index (χ0) is 20.6. The van der Waals surface area contributed by atoms with E-state index in [9.17, 15) is 13.2 Å². The van der Waals surface area contributed by atoms with Crippen molar-refractivity contribution in [3.05, 3.63) is 54.5 Å². The van der Waals surface area contributed by atoms with Gasteiger partial charge in [0.05, 0.1) is 29.9 Å². The van der Waals surface area contributed by atoms with Crippen LogP contribution in [0.15, 0.2) is 58.7 Å². The molecule has 1 unspecified atom stereocenters. The molecule has 8 nitrogen and oxygen atoms in total. The molecule has 3 heterocycles. The Labute approximate surface area is 171 Å². The molecule has 0 saturated carbocycles. The Balaban J connectivity index is 1.68. The van der Waals surface area contributed by atoms with Crippen molar-refractivity contribution >= 4 is 49.4 Å². The van der Waals surface area contributed by atoms with Gasteiger partial charge in [-0.15, -0.1) is 0 Å². The molecule has 150 valence electrons. The summed E-state index contributed by atoms with van der Waals surface area (Å²) in [4.78, 5) is 22.7. The highest BCUT2D eigenvalue weighted by molar-refractivity contribution is 8.15. The van der Waals surface area contributed by atoms with E-state index in [-0.39, 0.29) is 16.6 Å². The number of fused-ring (bicyclic) bond motifs is 1. The Morgan fingerprint density at radius 2 is 2.17 bits per heavy atom. The third-order valence-corrected chi connectivity index (χ3v) is 7.59. The molecular weight excluding hydrogens is 412 g/mol. The van der Waals surface area contributed by atoms with Crippen LogP contribution in [0.1, 0.15) is 12.1 Å². The van der Waals surface area contributed by atoms with E-state index >= 15 is 0 Å². The second-order valence-electron chi connectivity index (χ2n) is 6.57. The van der Waals surface area contributed by atoms with E-state index in [4.69, 9.17) is 5.11 Å². The van der Waals surface area contributed by atoms with Crippen molar-refractivity contribution in [1.29, 1.82) is 0 Å². The van der Waals surface area contributed by atoms with E-state index in [0.717, 1.165) is 16.1 Å². The monoisotopic (exact) mass is 430 g/mol. The molecule has 2 N–H and O–H groups in total. The summed E-state index contributed by atoms with van der Waals surface area (Å²) in [5.41, 5.74) is 1.92. The summed E-state index contributed by atoms with van der Waals surface area (Å²) < 4.78 is 27.2. The highest BCUT2D eigenvalue weighted by atomic mass is 32.2. The number of H-pyrrole nitrogens is 1. The fourth-order valence-electron chi connectivity index (χ4n) is 3.17. The van der Waals surface area contributed by atoms with Gasteiger partial charge in [-0.25, -0.2) is 8.42 Å². The first-order valence-electron chi connectivity index (χ1n) is 8.80. The number of sulfonamides is 1. The first-order valence-corrected chi connectivity index (χ1v) is 11.1. The standard InChI is InChI=1S/C19H18N4O4S2/c1-23(29(26,27)14-5-3-7-20-11-14)16-6-2-4-12-8-15(22-18(12)16)19-21-10-13(28-19)9-17(24)25/h2-8,11,13,22H,9-10H2,1H3,(H,24,25). The lowest BCUT2D eigenvalue weighted by Gasteiger charge is -2.20. The van der Waals surface area contributed by atoms with Crippen molar-refractivity contribution in [2.75, 3.05) is 17.9 Å². The largest absolute Gasteiger partial charge is 0.481 e. The number of aromatic amines is 1. The van der Waals surface area contributed by atoms with Crippen molar-refractivity contribution in [3.63, 3.8) is 0 Å². The highest BCUT2D eigenvalue weighted by Gasteiger charge is 2.26. The Morgan fingerprint density at radius 1 is 1.34 bits per heavy atom. The minimum atomic E-state index is -3.77. The van der Waals surface area contributed by atoms with E-state index in [2.05, 4.69) is 15.0 Å². The SMILES string of the molecule is CN(c1cccc2cc(C3=NCC(CC(=O)O)S3)[nH]c12)S(=O)(=O)c1cccnc1. The molecule has 29 heavy (non-hydrogen) atoms. The van der Waals surface area contributed by atoms with Crippen LogP contribution in [0.5, 0.6) is 0 Å². The van der Waals surface area contributed by atoms with Gasteiger partial charge in [0.15, 0.2) is 0 Å². The van der Waals surface area contributed by atoms with Gasteiger partial charge in [0.1, 0.15) is 9.94 Å². The highest BCUT2D eigenvalue weighted by Crippen LogP contribution is 2.33. The normalized spacial score (nSPS) is 16.7. The summed E-state index contributed by atoms with van der Waals surface area (Å²) in [7, 11) is -2.26. The molecular formula is C19H18N4O4S2. The van der Waals surface area contributed by atoms with Crippen LogP contribution in [0.2, 0.25) is 0 Å². The van der Waals surface area contributed by atoms with Crippen LogP contribution < -0.4 is 4.31 Å². The van der Waals surface area contributed by atoms with Crippen LogP contribution in [-0.4, -0.2) is 53.3 Å². The van der Waals surface area contributed by atoms with E-state index in [1.807, 2.05) is 12.1 Å². The zero-order valence-corrected chi connectivity index (χ0v) is 17.1. The van der Waals surface area contributed by atoms with Crippen LogP contribution in [0, 0.1) is 0 Å². The molecule has 4 rings (SSSR count). The van der Waals surface area contributed by atoms with Gasteiger partial charge in [-0.05, 0) is 24.3 Å². The van der Waals surface area contributed by atoms with Crippen molar-refractivity contribution < 1.29 is 18.3 Å². The zero-order valence-electron chi connectivity index (χ0n) is 15.4. The van der Waals surface area contributed by atoms with Gasteiger partial charge in [0.2, 0.25) is 0 Å². The third-order valence-electron chi connectivity index (χ3n) is 4.62. The fraction of sp³-hybridized carbons (Fsp3) is 0.211. The summed E-state index contributed by atoms with van der Waals surface area (Å²) in [6.45, 7) is 0.448. The smallest absolute Gasteiger partial charge is 0.304 e. The van der Waals surface area contributed by atoms with Gasteiger partial charge >= 0.3 is 5.97 Å². The van der Waals surface area contributed by atoms with Crippen LogP contribution in [0.3, 0.4) is 0 Å². The Bertz CT molecular complexity index is 1210. The Morgan fingerprint density at radius 3 is 2.90 bits per heavy atom. The quantitative estimate of drug-likeness (QED) is 0.621. The minimum Gasteiger partial charge on any atom is -0.481 e. The second-order valence-corrected chi connectivity index (χ2v) is 9.83. The van der Waals surface area contributed by atoms with Gasteiger partial charge in [-0.3, -0.25) is 19.1 Å². The number of para-hydroxylation sites is 1. The van der Waals surface area contributed by atoms with Crippen LogP contribution >= 0.6 is 11.8 Å². The number of aliphatic imine (C=N–C) groups is 1. The van der Waals surface area contributed by atoms with Crippen LogP contribution in [-0.2, 0) is 14.8 Å². The number of rotatable bonds is 6. The third kappa shape index (κ3) is 3.73. The molecule has 2 aromatic heterocycles. The van der Waals surface area contributed by atoms with Crippen LogP contribution in [0.4, 0.5) is 5.69 Å². The number of anilines is 1. The molecule has 0 spiro atoms. The van der Waals surface area contributed by atoms with Gasteiger partial charge in [0, 0.05) is 30.1 Å². The second kappa shape index (κ2) is 7.53. The fourth-order valence-corrected chi connectivity index (χ4v) is 5.42. The molecule has 0 saturated heterocycles. The molecule has 0 aliphatic carbocycles. The maximum atomic E-state index is 13.0. The number of hydrogen-bond acceptors (Lipinski definition) is 6. The van der Waals surface area contributed by atoms with E-state index in [0.29, 0.717) is 17.7 Å². The molecule has 1 aliphatic rings. The maximum Gasteiger partial charge on any atom is 0.304 e. The lowest BCUT2D eigenvalue weighted by Crippen LogP contribution is -2.26. The minimum absolute atomic E-state index is 0.0508. The molecule has 10 heteroatoms. The van der Waals surface area contributed by atoms with Crippen LogP contribution in [0.25, 0.3) is 10.9 Å². The summed E-state index contributed by atoms with van der Waals surface area (Å²) in [6.07, 6.45) is 2.89. The number of nitrogens with one attached hydrogen (secondary N) is 1. The molecule has 1 aliphatic heterocycles. The topological polar surface area (TPSA) is 116 Å². The van der Waals surface area contributed by atoms with Gasteiger partial charge in [-0.2, -0.15) is 0 Å². The van der Waals surface area contributed by atoms with E-state index in [1.165, 1.54) is 41.6 Å². The number of aliphatic carboxylic acids is 1. The number of carboxylic acids is 1. The first kappa shape index (κ1) is 19.5. The molecule has 0 radical (unpaired) electrons. The van der Waals surface area contributed by atoms with Crippen molar-refractivity contribution in [2.45, 2.75) is 16.6 Å². The number of hydrogen-bond donors (Lipinski definition) is 2. The number of carbonyl (C=O) groups is 1. The number of aromatic nitrogens is 2. The van der Waals surface area contributed by atoms with E-state index in [1.54, 1.807) is 18.2 Å². The lowest BCUT2D eigenvalue weighted by atomic mass is 10.2. The summed E-state index contributed by atoms with van der Waals surface area (Å²) in [5, 5.41) is 10.5. The Kier molecular flexibility index (Phi) is 5.05. The van der Waals surface area contributed by atoms with Gasteiger partial charge < -0.3 is 10.1 Å². The van der Waals surface area contributed by atoms with Gasteiger partial charge in [0.25, 0.3) is 10.0 Å². The summed E-state index contributed by atoms with van der Waals surface area (Å²) >= 11 is 1.42. The molecule has 3 aromatic rings. The number of carboxylic acid groups (broad SMARTS) is 1. The average Bonchev–Trinajstić information content (AvgIpc) is 3.34. The summed E-state index contributed by atoms with van der Waals surface area (Å²) in [5.74, 6) is -0.847. The van der Waals surface area contributed by atoms with Crippen molar-refractivity contribution in [3.8, 4) is 0 Å². The number of thioether (sulfide) groups is 1. The molecule has 0 fully saturated rings. The molecule has 0 amide bonds. The maximum absolute atomic E-state index is 13.0. The lowest BCUT2D eigenvalue weighted by molar-refractivity contribution is -0.136. The predicted molar refractivity (Wildman–Crippen MR) is 113 cm³/mol. The number of nitrogens with zero attached hydrogens (tertiary/aromatic N) is 3. The molecule has 1 aromatic carbocycles. The Hall–Kier alpha value is -2.85. The van der Waals surface area contributed by atoms with Gasteiger partial charge in [-0.1, -0.05) is 23.9 Å².